The third-order valence-electron chi connectivity index (χ3n) is 15.6. The van der Waals surface area contributed by atoms with Crippen LogP contribution in [0.25, 0.3) is 53.7 Å². The molecule has 9 nitrogen and oxygen atoms in total. The van der Waals surface area contributed by atoms with Gasteiger partial charge in [-0.1, -0.05) is 440 Å². The zero-order valence-electron chi connectivity index (χ0n) is 81.3. The van der Waals surface area contributed by atoms with Crippen molar-refractivity contribution in [3.05, 3.63) is 342 Å². The molecule has 1 aliphatic rings. The minimum Gasteiger partial charge on any atom is -0.376 e. The predicted molar refractivity (Wildman–Crippen MR) is 535 cm³/mol. The van der Waals surface area contributed by atoms with Gasteiger partial charge in [0.15, 0.2) is 4.80 Å². The molecule has 14 heteroatoms. The fraction of sp³-hybridized carbons (Fsp3) is 0.315. The molecular formula is C108H151N9SY4-4. The fourth-order valence-corrected chi connectivity index (χ4v) is 11.0. The summed E-state index contributed by atoms with van der Waals surface area (Å²) in [5.41, 5.74) is 20.6. The second-order valence-corrected chi connectivity index (χ2v) is 23.8. The van der Waals surface area contributed by atoms with Crippen molar-refractivity contribution >= 4 is 90.2 Å². The van der Waals surface area contributed by atoms with Gasteiger partial charge in [-0.05, 0) is 63.4 Å². The number of hydrogen-bond acceptors (Lipinski definition) is 9. The molecule has 0 unspecified atom stereocenters. The molecule has 0 saturated carbocycles. The average molecular weight is 1960 g/mol. The largest absolute Gasteiger partial charge is 0.376 e. The van der Waals surface area contributed by atoms with Gasteiger partial charge >= 0.3 is 0 Å². The van der Waals surface area contributed by atoms with Crippen LogP contribution < -0.4 is 10.2 Å². The van der Waals surface area contributed by atoms with Crippen molar-refractivity contribution in [2.24, 2.45) is 7.05 Å². The number of fused-ring (bicyclic) bond motifs is 7. The standard InChI is InChI=1S/C15H11N.C13H9N.C12H11N.4C9H10N.C8H8N2S.12C2H6.4Y/c16-15-13-7-3-1-5-11(13)9-10-12-6-2-4-8-14(12)15;14-13-11-7-3-1-5-9(11)10-6-2-4-8-12(10)13;1-9(13)11-7-6-10-4-2-3-5-12(10)8-11;4*1-7-3-4-8(2)9(5-7)6-10;1-10-6-4-2-3-5-7(6)11-8(10)9;12*1-2;;;;/h1-10,16H;1-8,14H;2-8,13H,1H3;4*3-5,10H,1-2H3;2-5,9H,1H3;12*1-2H3;;;;/q;;;4*-1;;;;;;;;;;;;;;;;;. The molecule has 14 rings (SSSR count). The number of aryl methyl sites for hydroxylation is 9. The van der Waals surface area contributed by atoms with Gasteiger partial charge in [0.1, 0.15) is 0 Å². The van der Waals surface area contributed by atoms with Crippen LogP contribution in [0.5, 0.6) is 0 Å². The molecule has 0 spiro atoms. The number of rotatable bonds is 5. The Morgan fingerprint density at radius 3 is 0.828 bits per heavy atom. The third kappa shape index (κ3) is 49.8. The fourth-order valence-electron chi connectivity index (χ4n) is 10.1. The minimum absolute atomic E-state index is 0. The van der Waals surface area contributed by atoms with E-state index in [0.717, 1.165) is 88.3 Å². The summed E-state index contributed by atoms with van der Waals surface area (Å²) in [6.07, 6.45) is 9.54. The molecular weight excluding hydrogens is 1810 g/mol. The Balaban J connectivity index is -0.000000142. The summed E-state index contributed by atoms with van der Waals surface area (Å²) in [5.74, 6) is 0. The molecule has 8 N–H and O–H groups in total. The Morgan fingerprint density at radius 1 is 0.287 bits per heavy atom. The maximum Gasteiger partial charge on any atom is 0.182 e. The number of thiazole rings is 1. The number of aromatic nitrogens is 1. The van der Waals surface area contributed by atoms with E-state index >= 15 is 0 Å². The molecule has 0 fully saturated rings. The molecule has 12 aromatic carbocycles. The van der Waals surface area contributed by atoms with Gasteiger partial charge in [-0.15, -0.1) is 46.5 Å². The predicted octanol–water partition coefficient (Wildman–Crippen LogP) is 32.5. The summed E-state index contributed by atoms with van der Waals surface area (Å²) in [4.78, 5) is 0.603. The third-order valence-corrected chi connectivity index (χ3v) is 16.6. The summed E-state index contributed by atoms with van der Waals surface area (Å²) in [6.45, 7) is 65.8. The van der Waals surface area contributed by atoms with Crippen molar-refractivity contribution in [1.82, 2.24) is 4.57 Å². The van der Waals surface area contributed by atoms with Gasteiger partial charge in [-0.3, -0.25) is 16.2 Å². The van der Waals surface area contributed by atoms with E-state index in [4.69, 9.17) is 43.3 Å². The number of nitrogens with zero attached hydrogens (tertiary/aromatic N) is 1. The molecule has 1 aliphatic carbocycles. The Morgan fingerprint density at radius 2 is 0.541 bits per heavy atom. The molecule has 13 aromatic rings. The SMILES string of the molecule is CC.CC.CC.CC.CC.CC.CC.CC.CC.CC.CC.CC.CC(=N)c1ccc2ccccc2c1.Cc1ccc(C)c([C-]=N)c1.Cc1ccc(C)c([C-]=N)c1.Cc1ccc(C)c([C-]=N)c1.Cc1ccc(C)c([C-]=N)c1.Cn1c(=N)sc2ccccc21.N=C1c2ccccc2-c2ccccc21.N=c1c2ccccc2ccc2ccccc12.[Y].[Y].[Y].[Y]. The first-order valence-electron chi connectivity index (χ1n) is 42.6. The van der Waals surface area contributed by atoms with Gasteiger partial charge in [-0.25, -0.2) is 0 Å². The molecule has 0 atom stereocenters. The summed E-state index contributed by atoms with van der Waals surface area (Å²) in [6, 6.07) is 82.8. The summed E-state index contributed by atoms with van der Waals surface area (Å²) in [7, 11) is 1.92. The van der Waals surface area contributed by atoms with Gasteiger partial charge in [0.05, 0.1) is 21.3 Å². The van der Waals surface area contributed by atoms with E-state index in [1.165, 1.54) is 60.2 Å². The van der Waals surface area contributed by atoms with Crippen LogP contribution in [0.1, 0.15) is 257 Å². The molecule has 4 radical (unpaired) electrons. The van der Waals surface area contributed by atoms with Crippen LogP contribution in [-0.2, 0) is 138 Å². The Bertz CT molecular complexity index is 4690. The van der Waals surface area contributed by atoms with Gasteiger partial charge < -0.3 is 31.6 Å². The summed E-state index contributed by atoms with van der Waals surface area (Å²) >= 11 is 1.51. The minimum atomic E-state index is 0. The van der Waals surface area contributed by atoms with E-state index in [1.54, 1.807) is 0 Å². The van der Waals surface area contributed by atoms with E-state index < -0.39 is 0 Å². The van der Waals surface area contributed by atoms with E-state index in [2.05, 4.69) is 73.4 Å². The molecule has 0 aliphatic heterocycles. The van der Waals surface area contributed by atoms with Crippen LogP contribution in [0.3, 0.4) is 0 Å². The van der Waals surface area contributed by atoms with Gasteiger partial charge in [0, 0.05) is 165 Å². The summed E-state index contributed by atoms with van der Waals surface area (Å²) in [5, 5.41) is 66.3. The first kappa shape index (κ1) is 136. The van der Waals surface area contributed by atoms with Crippen LogP contribution in [0.4, 0.5) is 0 Å². The first-order valence-corrected chi connectivity index (χ1v) is 43.4. The number of hydrogen-bond donors (Lipinski definition) is 8. The maximum absolute atomic E-state index is 8.25. The van der Waals surface area contributed by atoms with Crippen molar-refractivity contribution in [3.63, 3.8) is 0 Å². The van der Waals surface area contributed by atoms with Gasteiger partial charge in [-0.2, -0.15) is 68.8 Å². The van der Waals surface area contributed by atoms with E-state index in [1.807, 2.05) is 440 Å². The Hall–Kier alpha value is -6.78. The molecule has 1 heterocycles. The molecule has 0 saturated heterocycles. The number of nitrogens with one attached hydrogen (secondary N) is 8. The molecule has 0 amide bonds. The van der Waals surface area contributed by atoms with Crippen molar-refractivity contribution in [1.29, 1.82) is 43.3 Å². The second-order valence-electron chi connectivity index (χ2n) is 22.7. The zero-order chi connectivity index (χ0) is 91.8. The van der Waals surface area contributed by atoms with Crippen LogP contribution in [0.15, 0.2) is 249 Å². The van der Waals surface area contributed by atoms with Crippen LogP contribution in [0.2, 0.25) is 0 Å². The normalized spacial score (nSPS) is 8.56. The van der Waals surface area contributed by atoms with Crippen molar-refractivity contribution in [2.75, 3.05) is 0 Å². The van der Waals surface area contributed by atoms with E-state index in [9.17, 15) is 0 Å². The van der Waals surface area contributed by atoms with Crippen molar-refractivity contribution < 1.29 is 131 Å². The van der Waals surface area contributed by atoms with E-state index in [-0.39, 0.29) is 131 Å². The number of benzene rings is 11. The smallest absolute Gasteiger partial charge is 0.182 e. The Labute approximate surface area is 847 Å². The molecule has 650 valence electrons. The maximum atomic E-state index is 8.25. The molecule has 0 bridgehead atoms. The van der Waals surface area contributed by atoms with Crippen molar-refractivity contribution in [3.8, 4) is 11.1 Å². The quantitative estimate of drug-likeness (QED) is 0.0601. The van der Waals surface area contributed by atoms with Crippen LogP contribution in [0, 0.1) is 98.7 Å². The first-order chi connectivity index (χ1) is 57.2. The van der Waals surface area contributed by atoms with E-state index in [0.29, 0.717) is 21.6 Å². The molecule has 122 heavy (non-hydrogen) atoms. The molecule has 1 aromatic heterocycles. The van der Waals surface area contributed by atoms with Crippen LogP contribution >= 0.6 is 11.3 Å². The zero-order valence-corrected chi connectivity index (χ0v) is 93.5. The van der Waals surface area contributed by atoms with Gasteiger partial charge in [0.25, 0.3) is 0 Å². The van der Waals surface area contributed by atoms with Crippen molar-refractivity contribution in [2.45, 2.75) is 228 Å². The summed E-state index contributed by atoms with van der Waals surface area (Å²) < 4.78 is 3.07. The second kappa shape index (κ2) is 87.7. The topological polar surface area (TPSA) is 196 Å². The van der Waals surface area contributed by atoms with Gasteiger partial charge in [0.2, 0.25) is 0 Å². The monoisotopic (exact) mass is 1960 g/mol. The Kier molecular flexibility index (Phi) is 97.6. The number of para-hydroxylation sites is 1. The average Bonchev–Trinajstić information content (AvgIpc) is 1.63. The van der Waals surface area contributed by atoms with Crippen LogP contribution in [-0.4, -0.2) is 40.8 Å².